The van der Waals surface area contributed by atoms with Crippen LogP contribution in [0.5, 0.6) is 0 Å². The van der Waals surface area contributed by atoms with Crippen molar-refractivity contribution in [2.75, 3.05) is 6.54 Å². The summed E-state index contributed by atoms with van der Waals surface area (Å²) in [6, 6.07) is 10.1. The molecule has 2 nitrogen and oxygen atoms in total. The lowest BCUT2D eigenvalue weighted by molar-refractivity contribution is -0.132. The van der Waals surface area contributed by atoms with Gasteiger partial charge in [0, 0.05) is 19.5 Å². The van der Waals surface area contributed by atoms with E-state index >= 15 is 0 Å². The van der Waals surface area contributed by atoms with Gasteiger partial charge < -0.3 is 4.90 Å². The molecule has 1 heterocycles. The molecule has 1 aliphatic rings. The third-order valence-electron chi connectivity index (χ3n) is 2.68. The van der Waals surface area contributed by atoms with Gasteiger partial charge in [-0.2, -0.15) is 0 Å². The number of carbonyl (C=O) groups is 1. The Morgan fingerprint density at radius 1 is 1.20 bits per heavy atom. The molecule has 0 saturated carbocycles. The zero-order chi connectivity index (χ0) is 10.7. The van der Waals surface area contributed by atoms with Crippen LogP contribution in [0.4, 0.5) is 0 Å². The second-order valence-electron chi connectivity index (χ2n) is 3.99. The molecular formula is C13H15NO. The second kappa shape index (κ2) is 4.30. The number of carbonyl (C=O) groups excluding carboxylic acids is 1. The molecule has 0 spiro atoms. The van der Waals surface area contributed by atoms with Crippen LogP contribution in [-0.4, -0.2) is 17.4 Å². The van der Waals surface area contributed by atoms with E-state index in [0.717, 1.165) is 12.0 Å². The van der Waals surface area contributed by atoms with Gasteiger partial charge in [-0.25, -0.2) is 0 Å². The van der Waals surface area contributed by atoms with Crippen molar-refractivity contribution in [2.24, 2.45) is 0 Å². The predicted octanol–water partition coefficient (Wildman–Crippen LogP) is 2.37. The molecule has 15 heavy (non-hydrogen) atoms. The van der Waals surface area contributed by atoms with E-state index in [1.165, 1.54) is 5.56 Å². The fraction of sp³-hybridized carbons (Fsp3) is 0.308. The van der Waals surface area contributed by atoms with E-state index in [0.29, 0.717) is 19.5 Å². The molecule has 0 bridgehead atoms. The van der Waals surface area contributed by atoms with Crippen LogP contribution in [0.1, 0.15) is 18.4 Å². The van der Waals surface area contributed by atoms with Crippen molar-refractivity contribution < 1.29 is 4.79 Å². The third-order valence-corrected chi connectivity index (χ3v) is 2.68. The highest BCUT2D eigenvalue weighted by molar-refractivity contribution is 5.78. The van der Waals surface area contributed by atoms with Crippen molar-refractivity contribution in [3.63, 3.8) is 0 Å². The van der Waals surface area contributed by atoms with Crippen molar-refractivity contribution in [2.45, 2.75) is 19.4 Å². The first-order valence-electron chi connectivity index (χ1n) is 5.24. The van der Waals surface area contributed by atoms with Crippen molar-refractivity contribution in [3.8, 4) is 0 Å². The average molecular weight is 201 g/mol. The van der Waals surface area contributed by atoms with E-state index in [1.807, 2.05) is 35.2 Å². The number of hydrogen-bond donors (Lipinski definition) is 0. The Bertz CT molecular complexity index is 369. The Morgan fingerprint density at radius 2 is 1.93 bits per heavy atom. The maximum atomic E-state index is 11.6. The van der Waals surface area contributed by atoms with Crippen LogP contribution in [-0.2, 0) is 11.3 Å². The standard InChI is InChI=1S/C13H15NO/c1-11-7-8-13(15)14(9-11)10-12-5-3-2-4-6-12/h2-6H,1,7-10H2. The molecule has 0 aliphatic carbocycles. The quantitative estimate of drug-likeness (QED) is 0.673. The van der Waals surface area contributed by atoms with Crippen LogP contribution in [0.3, 0.4) is 0 Å². The zero-order valence-corrected chi connectivity index (χ0v) is 8.78. The number of nitrogens with zero attached hydrogens (tertiary/aromatic N) is 1. The van der Waals surface area contributed by atoms with Gasteiger partial charge in [-0.05, 0) is 12.0 Å². The third kappa shape index (κ3) is 2.46. The maximum Gasteiger partial charge on any atom is 0.223 e. The van der Waals surface area contributed by atoms with E-state index in [4.69, 9.17) is 0 Å². The first-order valence-corrected chi connectivity index (χ1v) is 5.24. The van der Waals surface area contributed by atoms with Gasteiger partial charge >= 0.3 is 0 Å². The van der Waals surface area contributed by atoms with Gasteiger partial charge in [0.2, 0.25) is 5.91 Å². The fourth-order valence-electron chi connectivity index (χ4n) is 1.83. The molecule has 0 unspecified atom stereocenters. The van der Waals surface area contributed by atoms with Crippen LogP contribution < -0.4 is 0 Å². The molecule has 1 aliphatic heterocycles. The van der Waals surface area contributed by atoms with E-state index in [9.17, 15) is 4.79 Å². The van der Waals surface area contributed by atoms with E-state index in [2.05, 4.69) is 6.58 Å². The zero-order valence-electron chi connectivity index (χ0n) is 8.78. The summed E-state index contributed by atoms with van der Waals surface area (Å²) < 4.78 is 0. The summed E-state index contributed by atoms with van der Waals surface area (Å²) in [7, 11) is 0. The Kier molecular flexibility index (Phi) is 2.86. The molecule has 1 fully saturated rings. The summed E-state index contributed by atoms with van der Waals surface area (Å²) in [5.41, 5.74) is 2.34. The van der Waals surface area contributed by atoms with Crippen molar-refractivity contribution >= 4 is 5.91 Å². The Balaban J connectivity index is 2.05. The number of benzene rings is 1. The minimum atomic E-state index is 0.242. The maximum absolute atomic E-state index is 11.6. The molecule has 0 atom stereocenters. The molecule has 1 amide bonds. The largest absolute Gasteiger partial charge is 0.334 e. The van der Waals surface area contributed by atoms with E-state index in [-0.39, 0.29) is 5.91 Å². The number of amides is 1. The Labute approximate surface area is 90.2 Å². The lowest BCUT2D eigenvalue weighted by Gasteiger charge is -2.28. The first-order chi connectivity index (χ1) is 7.25. The number of rotatable bonds is 2. The van der Waals surface area contributed by atoms with Crippen molar-refractivity contribution in [3.05, 3.63) is 48.0 Å². The molecule has 1 saturated heterocycles. The minimum absolute atomic E-state index is 0.242. The van der Waals surface area contributed by atoms with Crippen LogP contribution in [0.25, 0.3) is 0 Å². The minimum Gasteiger partial charge on any atom is -0.334 e. The highest BCUT2D eigenvalue weighted by atomic mass is 16.2. The molecule has 1 aromatic rings. The lowest BCUT2D eigenvalue weighted by atomic mass is 10.1. The summed E-state index contributed by atoms with van der Waals surface area (Å²) in [6.07, 6.45) is 1.47. The molecule has 2 heteroatoms. The summed E-state index contributed by atoms with van der Waals surface area (Å²) in [4.78, 5) is 13.5. The van der Waals surface area contributed by atoms with Gasteiger partial charge in [0.05, 0.1) is 0 Å². The smallest absolute Gasteiger partial charge is 0.223 e. The van der Waals surface area contributed by atoms with Crippen LogP contribution >= 0.6 is 0 Å². The predicted molar refractivity (Wildman–Crippen MR) is 60.2 cm³/mol. The van der Waals surface area contributed by atoms with Crippen LogP contribution in [0.15, 0.2) is 42.5 Å². The van der Waals surface area contributed by atoms with Crippen LogP contribution in [0.2, 0.25) is 0 Å². The van der Waals surface area contributed by atoms with Crippen molar-refractivity contribution in [1.29, 1.82) is 0 Å². The second-order valence-corrected chi connectivity index (χ2v) is 3.99. The van der Waals surface area contributed by atoms with Gasteiger partial charge in [-0.15, -0.1) is 0 Å². The fourth-order valence-corrected chi connectivity index (χ4v) is 1.83. The number of likely N-dealkylation sites (tertiary alicyclic amines) is 1. The van der Waals surface area contributed by atoms with Gasteiger partial charge in [-0.3, -0.25) is 4.79 Å². The average Bonchev–Trinajstić information content (AvgIpc) is 2.25. The summed E-state index contributed by atoms with van der Waals surface area (Å²) in [5, 5.41) is 0. The van der Waals surface area contributed by atoms with Crippen molar-refractivity contribution in [1.82, 2.24) is 4.90 Å². The van der Waals surface area contributed by atoms with Gasteiger partial charge in [0.25, 0.3) is 0 Å². The van der Waals surface area contributed by atoms with Gasteiger partial charge in [0.15, 0.2) is 0 Å². The highest BCUT2D eigenvalue weighted by Gasteiger charge is 2.19. The molecule has 1 aromatic carbocycles. The Hall–Kier alpha value is -1.57. The summed E-state index contributed by atoms with van der Waals surface area (Å²) >= 11 is 0. The van der Waals surface area contributed by atoms with Crippen LogP contribution in [0, 0.1) is 0 Å². The topological polar surface area (TPSA) is 20.3 Å². The monoisotopic (exact) mass is 201 g/mol. The highest BCUT2D eigenvalue weighted by Crippen LogP contribution is 2.17. The molecular weight excluding hydrogens is 186 g/mol. The normalized spacial score (nSPS) is 16.9. The SMILES string of the molecule is C=C1CCC(=O)N(Cc2ccccc2)C1. The van der Waals surface area contributed by atoms with E-state index in [1.54, 1.807) is 0 Å². The molecule has 0 aromatic heterocycles. The summed E-state index contributed by atoms with van der Waals surface area (Å²) in [5.74, 6) is 0.242. The molecule has 78 valence electrons. The van der Waals surface area contributed by atoms with E-state index < -0.39 is 0 Å². The lowest BCUT2D eigenvalue weighted by Crippen LogP contribution is -2.35. The van der Waals surface area contributed by atoms with Gasteiger partial charge in [0.1, 0.15) is 0 Å². The number of hydrogen-bond acceptors (Lipinski definition) is 1. The summed E-state index contributed by atoms with van der Waals surface area (Å²) in [6.45, 7) is 5.37. The van der Waals surface area contributed by atoms with Gasteiger partial charge in [-0.1, -0.05) is 42.5 Å². The molecule has 0 radical (unpaired) electrons. The molecule has 2 rings (SSSR count). The Morgan fingerprint density at radius 3 is 2.67 bits per heavy atom. The number of piperidine rings is 1. The first kappa shape index (κ1) is 9.97. The molecule has 0 N–H and O–H groups in total.